The normalized spacial score (nSPS) is 15.9. The molecule has 0 aliphatic carbocycles. The molecule has 1 aliphatic rings. The average molecular weight is 362 g/mol. The lowest BCUT2D eigenvalue weighted by molar-refractivity contribution is 0.375. The number of nitrogens with zero attached hydrogens (tertiary/aromatic N) is 2. The maximum Gasteiger partial charge on any atom is 0.153 e. The predicted octanol–water partition coefficient (Wildman–Crippen LogP) is 4.61. The molecule has 4 rings (SSSR count). The lowest BCUT2D eigenvalue weighted by atomic mass is 9.94. The van der Waals surface area contributed by atoms with Gasteiger partial charge in [0.1, 0.15) is 11.6 Å². The van der Waals surface area contributed by atoms with E-state index >= 15 is 0 Å². The van der Waals surface area contributed by atoms with Crippen LogP contribution in [0.4, 0.5) is 5.82 Å². The highest BCUT2D eigenvalue weighted by Gasteiger charge is 2.31. The molecule has 0 saturated heterocycles. The van der Waals surface area contributed by atoms with Crippen LogP contribution in [0, 0.1) is 0 Å². The van der Waals surface area contributed by atoms with Gasteiger partial charge in [-0.05, 0) is 12.1 Å². The van der Waals surface area contributed by atoms with Gasteiger partial charge in [0, 0.05) is 23.2 Å². The molecule has 7 heteroatoms. The second kappa shape index (κ2) is 6.00. The van der Waals surface area contributed by atoms with Crippen molar-refractivity contribution in [2.45, 2.75) is 5.92 Å². The summed E-state index contributed by atoms with van der Waals surface area (Å²) < 4.78 is 10.8. The smallest absolute Gasteiger partial charge is 0.153 e. The van der Waals surface area contributed by atoms with Crippen molar-refractivity contribution in [3.05, 3.63) is 58.0 Å². The standard InChI is InChI=1S/C17H13Cl2N3O2/c1-23-9-5-11-12(7-21-17(11)20-6-9)16-13(8-22-24-16)10-3-2-4-14(18)15(10)19/h2-6,8,12H,7H2,1H3,(H,20,21). The topological polar surface area (TPSA) is 60.2 Å². The van der Waals surface area contributed by atoms with Gasteiger partial charge in [0.05, 0.1) is 35.5 Å². The number of halogens is 2. The number of pyridine rings is 1. The van der Waals surface area contributed by atoms with Crippen molar-refractivity contribution in [1.82, 2.24) is 10.1 Å². The van der Waals surface area contributed by atoms with Gasteiger partial charge in [0.2, 0.25) is 0 Å². The van der Waals surface area contributed by atoms with E-state index in [1.54, 1.807) is 25.6 Å². The number of rotatable bonds is 3. The molecule has 5 nitrogen and oxygen atoms in total. The van der Waals surface area contributed by atoms with Crippen LogP contribution in [0.5, 0.6) is 5.75 Å². The molecule has 0 radical (unpaired) electrons. The molecule has 1 aromatic carbocycles. The lowest BCUT2D eigenvalue weighted by Crippen LogP contribution is -2.04. The van der Waals surface area contributed by atoms with Gasteiger partial charge in [0.15, 0.2) is 5.76 Å². The molecule has 1 unspecified atom stereocenters. The van der Waals surface area contributed by atoms with Crippen molar-refractivity contribution < 1.29 is 9.26 Å². The maximum absolute atomic E-state index is 6.36. The molecule has 1 atom stereocenters. The molecule has 0 bridgehead atoms. The molecular formula is C17H13Cl2N3O2. The number of nitrogens with one attached hydrogen (secondary N) is 1. The maximum atomic E-state index is 6.36. The molecule has 0 amide bonds. The number of anilines is 1. The second-order valence-corrected chi connectivity index (χ2v) is 6.24. The number of methoxy groups -OCH3 is 1. The largest absolute Gasteiger partial charge is 0.495 e. The SMILES string of the molecule is COc1cnc2c(c1)C(c1oncc1-c1cccc(Cl)c1Cl)CN2. The van der Waals surface area contributed by atoms with Gasteiger partial charge in [-0.3, -0.25) is 0 Å². The molecule has 1 N–H and O–H groups in total. The lowest BCUT2D eigenvalue weighted by Gasteiger charge is -2.11. The van der Waals surface area contributed by atoms with Gasteiger partial charge >= 0.3 is 0 Å². The molecule has 0 saturated carbocycles. The van der Waals surface area contributed by atoms with Crippen LogP contribution in [0.25, 0.3) is 11.1 Å². The molecule has 0 spiro atoms. The molecule has 2 aromatic heterocycles. The zero-order chi connectivity index (χ0) is 16.7. The summed E-state index contributed by atoms with van der Waals surface area (Å²) in [6, 6.07) is 7.46. The summed E-state index contributed by atoms with van der Waals surface area (Å²) in [7, 11) is 1.62. The minimum Gasteiger partial charge on any atom is -0.495 e. The summed E-state index contributed by atoms with van der Waals surface area (Å²) >= 11 is 12.5. The van der Waals surface area contributed by atoms with Crippen molar-refractivity contribution in [3.8, 4) is 16.9 Å². The van der Waals surface area contributed by atoms with Crippen molar-refractivity contribution in [1.29, 1.82) is 0 Å². The molecule has 1 aliphatic heterocycles. The van der Waals surface area contributed by atoms with Gasteiger partial charge in [-0.25, -0.2) is 4.98 Å². The first-order chi connectivity index (χ1) is 11.7. The Kier molecular flexibility index (Phi) is 3.82. The van der Waals surface area contributed by atoms with E-state index < -0.39 is 0 Å². The van der Waals surface area contributed by atoms with E-state index in [0.717, 1.165) is 28.3 Å². The van der Waals surface area contributed by atoms with Crippen molar-refractivity contribution in [2.75, 3.05) is 19.0 Å². The number of fused-ring (bicyclic) bond motifs is 1. The van der Waals surface area contributed by atoms with Crippen molar-refractivity contribution in [3.63, 3.8) is 0 Å². The summed E-state index contributed by atoms with van der Waals surface area (Å²) in [5.41, 5.74) is 2.63. The van der Waals surface area contributed by atoms with Crippen molar-refractivity contribution in [2.24, 2.45) is 0 Å². The van der Waals surface area contributed by atoms with E-state index in [4.69, 9.17) is 32.5 Å². The van der Waals surface area contributed by atoms with Crippen LogP contribution in [0.2, 0.25) is 10.0 Å². The Morgan fingerprint density at radius 2 is 2.12 bits per heavy atom. The summed E-state index contributed by atoms with van der Waals surface area (Å²) in [5.74, 6) is 2.21. The first-order valence-corrected chi connectivity index (χ1v) is 8.11. The Balaban J connectivity index is 1.82. The second-order valence-electron chi connectivity index (χ2n) is 5.45. The third-order valence-corrected chi connectivity index (χ3v) is 4.95. The van der Waals surface area contributed by atoms with Crippen molar-refractivity contribution >= 4 is 29.0 Å². The quantitative estimate of drug-likeness (QED) is 0.737. The number of hydrogen-bond donors (Lipinski definition) is 1. The summed E-state index contributed by atoms with van der Waals surface area (Å²) in [6.45, 7) is 0.663. The third-order valence-electron chi connectivity index (χ3n) is 4.13. The van der Waals surface area contributed by atoms with Gasteiger partial charge in [0.25, 0.3) is 0 Å². The summed E-state index contributed by atoms with van der Waals surface area (Å²) in [4.78, 5) is 4.38. The summed E-state index contributed by atoms with van der Waals surface area (Å²) in [6.07, 6.45) is 3.35. The van der Waals surface area contributed by atoms with Crippen LogP contribution in [-0.4, -0.2) is 23.8 Å². The first kappa shape index (κ1) is 15.3. The molecule has 3 aromatic rings. The van der Waals surface area contributed by atoms with Crippen LogP contribution < -0.4 is 10.1 Å². The van der Waals surface area contributed by atoms with Crippen LogP contribution in [0.1, 0.15) is 17.2 Å². The number of aromatic nitrogens is 2. The van der Waals surface area contributed by atoms with Crippen LogP contribution in [-0.2, 0) is 0 Å². The zero-order valence-corrected chi connectivity index (χ0v) is 14.2. The fourth-order valence-corrected chi connectivity index (χ4v) is 3.35. The number of benzene rings is 1. The molecular weight excluding hydrogens is 349 g/mol. The van der Waals surface area contributed by atoms with Gasteiger partial charge in [-0.2, -0.15) is 0 Å². The van der Waals surface area contributed by atoms with Crippen LogP contribution in [0.3, 0.4) is 0 Å². The van der Waals surface area contributed by atoms with Gasteiger partial charge in [-0.15, -0.1) is 0 Å². The van der Waals surface area contributed by atoms with E-state index in [1.807, 2.05) is 18.2 Å². The Hall–Kier alpha value is -2.24. The predicted molar refractivity (Wildman–Crippen MR) is 93.1 cm³/mol. The highest BCUT2D eigenvalue weighted by atomic mass is 35.5. The highest BCUT2D eigenvalue weighted by Crippen LogP contribution is 2.43. The van der Waals surface area contributed by atoms with E-state index in [2.05, 4.69) is 15.5 Å². The Morgan fingerprint density at radius 3 is 2.96 bits per heavy atom. The fraction of sp³-hybridized carbons (Fsp3) is 0.176. The number of hydrogen-bond acceptors (Lipinski definition) is 5. The first-order valence-electron chi connectivity index (χ1n) is 7.35. The Bertz CT molecular complexity index is 911. The Morgan fingerprint density at radius 1 is 1.25 bits per heavy atom. The zero-order valence-electron chi connectivity index (χ0n) is 12.7. The summed E-state index contributed by atoms with van der Waals surface area (Å²) in [5, 5.41) is 8.23. The monoisotopic (exact) mass is 361 g/mol. The molecule has 24 heavy (non-hydrogen) atoms. The third kappa shape index (κ3) is 2.41. The molecule has 122 valence electrons. The van der Waals surface area contributed by atoms with Gasteiger partial charge in [-0.1, -0.05) is 40.5 Å². The average Bonchev–Trinajstić information content (AvgIpc) is 3.22. The van der Waals surface area contributed by atoms with Gasteiger partial charge < -0.3 is 14.6 Å². The minimum absolute atomic E-state index is 0.0323. The van der Waals surface area contributed by atoms with E-state index in [1.165, 1.54) is 0 Å². The molecule has 0 fully saturated rings. The fourth-order valence-electron chi connectivity index (χ4n) is 2.94. The highest BCUT2D eigenvalue weighted by molar-refractivity contribution is 6.43. The van der Waals surface area contributed by atoms with Crippen LogP contribution >= 0.6 is 23.2 Å². The number of ether oxygens (including phenoxy) is 1. The van der Waals surface area contributed by atoms with E-state index in [0.29, 0.717) is 22.3 Å². The molecule has 3 heterocycles. The van der Waals surface area contributed by atoms with E-state index in [9.17, 15) is 0 Å². The Labute approximate surface area is 148 Å². The van der Waals surface area contributed by atoms with Crippen LogP contribution in [0.15, 0.2) is 41.2 Å². The minimum atomic E-state index is -0.0323. The van der Waals surface area contributed by atoms with E-state index in [-0.39, 0.29) is 5.92 Å².